The summed E-state index contributed by atoms with van der Waals surface area (Å²) in [5, 5.41) is 4.39. The number of nitrogens with zero attached hydrogens (tertiary/aromatic N) is 2. The molecule has 1 heterocycles. The van der Waals surface area contributed by atoms with Gasteiger partial charge in [-0.25, -0.2) is 4.39 Å². The van der Waals surface area contributed by atoms with Gasteiger partial charge in [-0.05, 0) is 24.6 Å². The number of hydrogen-bond donors (Lipinski definition) is 1. The summed E-state index contributed by atoms with van der Waals surface area (Å²) in [6.07, 6.45) is 2.65. The van der Waals surface area contributed by atoms with Gasteiger partial charge in [-0.15, -0.1) is 0 Å². The van der Waals surface area contributed by atoms with E-state index in [1.807, 2.05) is 20.2 Å². The Balaban J connectivity index is 2.40. The highest BCUT2D eigenvalue weighted by Gasteiger charge is 2.11. The molecule has 0 radical (unpaired) electrons. The van der Waals surface area contributed by atoms with E-state index in [0.717, 1.165) is 16.8 Å². The smallest absolute Gasteiger partial charge is 0.123 e. The highest BCUT2D eigenvalue weighted by molar-refractivity contribution is 5.65. The van der Waals surface area contributed by atoms with Gasteiger partial charge in [0.05, 0.1) is 5.69 Å². The summed E-state index contributed by atoms with van der Waals surface area (Å²) in [5.74, 6) is -0.230. The summed E-state index contributed by atoms with van der Waals surface area (Å²) in [6, 6.07) is 6.49. The maximum atomic E-state index is 12.9. The van der Waals surface area contributed by atoms with E-state index in [9.17, 15) is 4.39 Å². The summed E-state index contributed by atoms with van der Waals surface area (Å²) < 4.78 is 14.6. The molecular formula is C13H16FN3. The van der Waals surface area contributed by atoms with E-state index in [1.165, 1.54) is 12.1 Å². The molecule has 0 aliphatic rings. The maximum absolute atomic E-state index is 12.9. The molecule has 0 aliphatic heterocycles. The van der Waals surface area contributed by atoms with Crippen LogP contribution in [0.25, 0.3) is 11.1 Å². The molecule has 0 saturated heterocycles. The van der Waals surface area contributed by atoms with Gasteiger partial charge in [-0.1, -0.05) is 12.1 Å². The molecule has 90 valence electrons. The van der Waals surface area contributed by atoms with E-state index in [1.54, 1.807) is 16.8 Å². The van der Waals surface area contributed by atoms with Crippen molar-refractivity contribution in [3.8, 4) is 11.1 Å². The van der Waals surface area contributed by atoms with Crippen molar-refractivity contribution >= 4 is 0 Å². The molecule has 3 nitrogen and oxygen atoms in total. The van der Waals surface area contributed by atoms with Gasteiger partial charge in [-0.3, -0.25) is 4.68 Å². The van der Waals surface area contributed by atoms with E-state index in [4.69, 9.17) is 5.73 Å². The number of nitrogens with two attached hydrogens (primary N) is 1. The number of benzene rings is 1. The molecule has 2 N–H and O–H groups in total. The second-order valence-electron chi connectivity index (χ2n) is 4.35. The van der Waals surface area contributed by atoms with Gasteiger partial charge in [0, 0.05) is 31.3 Å². The zero-order chi connectivity index (χ0) is 12.4. The summed E-state index contributed by atoms with van der Waals surface area (Å²) in [4.78, 5) is 0. The molecule has 1 unspecified atom stereocenters. The SMILES string of the molecule is CC(N)Cc1nn(C)cc1-c1ccc(F)cc1. The molecule has 1 aromatic carbocycles. The van der Waals surface area contributed by atoms with E-state index in [0.29, 0.717) is 6.42 Å². The fraction of sp³-hybridized carbons (Fsp3) is 0.308. The van der Waals surface area contributed by atoms with Gasteiger partial charge in [0.25, 0.3) is 0 Å². The predicted molar refractivity (Wildman–Crippen MR) is 66.0 cm³/mol. The van der Waals surface area contributed by atoms with Crippen LogP contribution in [-0.2, 0) is 13.5 Å². The predicted octanol–water partition coefficient (Wildman–Crippen LogP) is 2.12. The monoisotopic (exact) mass is 233 g/mol. The van der Waals surface area contributed by atoms with Crippen molar-refractivity contribution in [3.63, 3.8) is 0 Å². The molecule has 0 aliphatic carbocycles. The molecule has 2 aromatic rings. The third-order valence-corrected chi connectivity index (χ3v) is 2.58. The first-order valence-electron chi connectivity index (χ1n) is 5.60. The third kappa shape index (κ3) is 2.71. The van der Waals surface area contributed by atoms with Crippen LogP contribution in [0.1, 0.15) is 12.6 Å². The molecule has 0 fully saturated rings. The Morgan fingerprint density at radius 1 is 1.35 bits per heavy atom. The highest BCUT2D eigenvalue weighted by atomic mass is 19.1. The van der Waals surface area contributed by atoms with Gasteiger partial charge in [0.15, 0.2) is 0 Å². The Morgan fingerprint density at radius 2 is 2.00 bits per heavy atom. The lowest BCUT2D eigenvalue weighted by Crippen LogP contribution is -2.18. The summed E-state index contributed by atoms with van der Waals surface area (Å²) >= 11 is 0. The van der Waals surface area contributed by atoms with E-state index >= 15 is 0 Å². The van der Waals surface area contributed by atoms with E-state index in [-0.39, 0.29) is 11.9 Å². The van der Waals surface area contributed by atoms with Gasteiger partial charge in [0.2, 0.25) is 0 Å². The molecule has 0 bridgehead atoms. The van der Waals surface area contributed by atoms with E-state index in [2.05, 4.69) is 5.10 Å². The van der Waals surface area contributed by atoms with Crippen LogP contribution < -0.4 is 5.73 Å². The zero-order valence-corrected chi connectivity index (χ0v) is 10.0. The largest absolute Gasteiger partial charge is 0.328 e. The molecule has 0 spiro atoms. The highest BCUT2D eigenvalue weighted by Crippen LogP contribution is 2.23. The van der Waals surface area contributed by atoms with Crippen molar-refractivity contribution in [2.24, 2.45) is 12.8 Å². The second kappa shape index (κ2) is 4.67. The minimum absolute atomic E-state index is 0.0594. The average molecular weight is 233 g/mol. The Bertz CT molecular complexity index is 500. The van der Waals surface area contributed by atoms with Crippen LogP contribution in [0.3, 0.4) is 0 Å². The first kappa shape index (κ1) is 11.8. The fourth-order valence-corrected chi connectivity index (χ4v) is 1.86. The van der Waals surface area contributed by atoms with Crippen molar-refractivity contribution < 1.29 is 4.39 Å². The van der Waals surface area contributed by atoms with Crippen molar-refractivity contribution in [3.05, 3.63) is 42.0 Å². The van der Waals surface area contributed by atoms with Crippen molar-refractivity contribution in [1.29, 1.82) is 0 Å². The molecule has 0 saturated carbocycles. The van der Waals surface area contributed by atoms with Crippen LogP contribution >= 0.6 is 0 Å². The third-order valence-electron chi connectivity index (χ3n) is 2.58. The van der Waals surface area contributed by atoms with E-state index < -0.39 is 0 Å². The number of halogens is 1. The minimum atomic E-state index is -0.230. The Hall–Kier alpha value is -1.68. The molecule has 17 heavy (non-hydrogen) atoms. The molecule has 0 amide bonds. The number of aromatic nitrogens is 2. The minimum Gasteiger partial charge on any atom is -0.328 e. The van der Waals surface area contributed by atoms with Crippen molar-refractivity contribution in [1.82, 2.24) is 9.78 Å². The molecule has 2 rings (SSSR count). The van der Waals surface area contributed by atoms with Gasteiger partial charge < -0.3 is 5.73 Å². The summed E-state index contributed by atoms with van der Waals surface area (Å²) in [6.45, 7) is 1.95. The number of rotatable bonds is 3. The lowest BCUT2D eigenvalue weighted by molar-refractivity contribution is 0.628. The number of aryl methyl sites for hydroxylation is 1. The molecule has 4 heteroatoms. The Morgan fingerprint density at radius 3 is 2.59 bits per heavy atom. The van der Waals surface area contributed by atoms with Crippen LogP contribution in [0.15, 0.2) is 30.5 Å². The second-order valence-corrected chi connectivity index (χ2v) is 4.35. The lowest BCUT2D eigenvalue weighted by atomic mass is 10.0. The van der Waals surface area contributed by atoms with Crippen LogP contribution in [0, 0.1) is 5.82 Å². The Kier molecular flexibility index (Phi) is 3.24. The average Bonchev–Trinajstić information content (AvgIpc) is 2.59. The molecule has 1 aromatic heterocycles. The quantitative estimate of drug-likeness (QED) is 0.882. The van der Waals surface area contributed by atoms with Crippen LogP contribution in [0.2, 0.25) is 0 Å². The first-order chi connectivity index (χ1) is 8.06. The fourth-order valence-electron chi connectivity index (χ4n) is 1.86. The van der Waals surface area contributed by atoms with Gasteiger partial charge >= 0.3 is 0 Å². The standard InChI is InChI=1S/C13H16FN3/c1-9(15)7-13-12(8-17(2)16-13)10-3-5-11(14)6-4-10/h3-6,8-9H,7,15H2,1-2H3. The van der Waals surface area contributed by atoms with Gasteiger partial charge in [-0.2, -0.15) is 5.10 Å². The summed E-state index contributed by atoms with van der Waals surface area (Å²) in [5.41, 5.74) is 8.73. The van der Waals surface area contributed by atoms with Crippen molar-refractivity contribution in [2.75, 3.05) is 0 Å². The zero-order valence-electron chi connectivity index (χ0n) is 10.0. The maximum Gasteiger partial charge on any atom is 0.123 e. The first-order valence-corrected chi connectivity index (χ1v) is 5.60. The normalized spacial score (nSPS) is 12.7. The number of hydrogen-bond acceptors (Lipinski definition) is 2. The van der Waals surface area contributed by atoms with Crippen LogP contribution in [0.4, 0.5) is 4.39 Å². The molecule has 1 atom stereocenters. The lowest BCUT2D eigenvalue weighted by Gasteiger charge is -2.05. The Labute approximate surface area is 100 Å². The summed E-state index contributed by atoms with van der Waals surface area (Å²) in [7, 11) is 1.87. The van der Waals surface area contributed by atoms with Gasteiger partial charge in [0.1, 0.15) is 5.82 Å². The molecular weight excluding hydrogens is 217 g/mol. The topological polar surface area (TPSA) is 43.8 Å². The van der Waals surface area contributed by atoms with Crippen LogP contribution in [0.5, 0.6) is 0 Å². The van der Waals surface area contributed by atoms with Crippen molar-refractivity contribution in [2.45, 2.75) is 19.4 Å². The van der Waals surface area contributed by atoms with Crippen LogP contribution in [-0.4, -0.2) is 15.8 Å².